The van der Waals surface area contributed by atoms with Crippen LogP contribution in [0.2, 0.25) is 0 Å². The van der Waals surface area contributed by atoms with Crippen molar-refractivity contribution in [2.45, 2.75) is 58.7 Å². The maximum absolute atomic E-state index is 6.71. The Hall–Kier alpha value is -4.58. The number of nitrogens with zero attached hydrogens (tertiary/aromatic N) is 1. The van der Waals surface area contributed by atoms with E-state index >= 15 is 0 Å². The Morgan fingerprint density at radius 1 is 0.565 bits per heavy atom. The first-order chi connectivity index (χ1) is 22.1. The van der Waals surface area contributed by atoms with Crippen molar-refractivity contribution in [1.82, 2.24) is 0 Å². The molecule has 1 fully saturated rings. The monoisotopic (exact) mass is 603 g/mol. The molecule has 0 spiro atoms. The van der Waals surface area contributed by atoms with Crippen LogP contribution in [0.25, 0.3) is 43.5 Å². The number of furan rings is 1. The molecular weight excluding hydrogens is 565 g/mol. The van der Waals surface area contributed by atoms with Gasteiger partial charge in [-0.25, -0.2) is 0 Å². The van der Waals surface area contributed by atoms with Gasteiger partial charge in [-0.2, -0.15) is 0 Å². The lowest BCUT2D eigenvalue weighted by atomic mass is 9.72. The SMILES string of the molecule is CC(C)c1ccc(N(c2c3ccccc3c(B3OC(C)(C)C(C)(C)O3)c3ccccc23)c2cccc3c2oc2ccccc23)cc1. The van der Waals surface area contributed by atoms with Gasteiger partial charge in [0.1, 0.15) is 5.58 Å². The van der Waals surface area contributed by atoms with E-state index in [1.165, 1.54) is 5.56 Å². The first-order valence-corrected chi connectivity index (χ1v) is 16.2. The Bertz CT molecular complexity index is 2190. The average Bonchev–Trinajstić information content (AvgIpc) is 3.53. The normalized spacial score (nSPS) is 15.9. The number of benzene rings is 6. The van der Waals surface area contributed by atoms with Gasteiger partial charge in [-0.1, -0.05) is 105 Å². The third-order valence-corrected chi connectivity index (χ3v) is 10.1. The molecule has 0 aliphatic carbocycles. The van der Waals surface area contributed by atoms with Crippen molar-refractivity contribution in [3.05, 3.63) is 121 Å². The molecule has 0 atom stereocenters. The average molecular weight is 604 g/mol. The quantitative estimate of drug-likeness (QED) is 0.145. The Morgan fingerprint density at radius 3 is 1.67 bits per heavy atom. The minimum absolute atomic E-state index is 0.433. The van der Waals surface area contributed by atoms with Crippen LogP contribution in [0.1, 0.15) is 53.0 Å². The van der Waals surface area contributed by atoms with Crippen molar-refractivity contribution in [2.75, 3.05) is 4.90 Å². The zero-order valence-corrected chi connectivity index (χ0v) is 27.3. The second kappa shape index (κ2) is 10.5. The molecule has 1 aliphatic heterocycles. The van der Waals surface area contributed by atoms with Crippen LogP contribution >= 0.6 is 0 Å². The molecule has 8 rings (SSSR count). The van der Waals surface area contributed by atoms with Gasteiger partial charge < -0.3 is 18.6 Å². The topological polar surface area (TPSA) is 34.8 Å². The second-order valence-corrected chi connectivity index (χ2v) is 13.8. The highest BCUT2D eigenvalue weighted by atomic mass is 16.7. The fraction of sp³-hybridized carbons (Fsp3) is 0.220. The summed E-state index contributed by atoms with van der Waals surface area (Å²) in [5.74, 6) is 0.433. The fourth-order valence-electron chi connectivity index (χ4n) is 6.90. The van der Waals surface area contributed by atoms with Crippen molar-refractivity contribution in [2.24, 2.45) is 0 Å². The summed E-state index contributed by atoms with van der Waals surface area (Å²) in [7, 11) is -0.508. The molecule has 2 heterocycles. The van der Waals surface area contributed by atoms with Gasteiger partial charge in [0, 0.05) is 27.2 Å². The molecule has 7 aromatic rings. The smallest absolute Gasteiger partial charge is 0.454 e. The minimum atomic E-state index is -0.508. The van der Waals surface area contributed by atoms with E-state index < -0.39 is 18.3 Å². The fourth-order valence-corrected chi connectivity index (χ4v) is 6.90. The van der Waals surface area contributed by atoms with Crippen molar-refractivity contribution < 1.29 is 13.7 Å². The van der Waals surface area contributed by atoms with E-state index in [-0.39, 0.29) is 0 Å². The van der Waals surface area contributed by atoms with Crippen LogP contribution in [0.5, 0.6) is 0 Å². The predicted molar refractivity (Wildman–Crippen MR) is 193 cm³/mol. The third kappa shape index (κ3) is 4.37. The number of hydrogen-bond donors (Lipinski definition) is 0. The zero-order valence-electron chi connectivity index (χ0n) is 27.3. The predicted octanol–water partition coefficient (Wildman–Crippen LogP) is 10.8. The van der Waals surface area contributed by atoms with E-state index in [1.807, 2.05) is 12.1 Å². The summed E-state index contributed by atoms with van der Waals surface area (Å²) >= 11 is 0. The van der Waals surface area contributed by atoms with Crippen LogP contribution in [-0.4, -0.2) is 18.3 Å². The van der Waals surface area contributed by atoms with Crippen LogP contribution in [-0.2, 0) is 9.31 Å². The van der Waals surface area contributed by atoms with Gasteiger partial charge in [0.25, 0.3) is 0 Å². The highest BCUT2D eigenvalue weighted by Crippen LogP contribution is 2.48. The van der Waals surface area contributed by atoms with Crippen LogP contribution in [0.3, 0.4) is 0 Å². The van der Waals surface area contributed by atoms with Gasteiger partial charge in [-0.15, -0.1) is 0 Å². The molecule has 0 radical (unpaired) electrons. The van der Waals surface area contributed by atoms with Gasteiger partial charge in [0.05, 0.1) is 22.6 Å². The molecule has 0 bridgehead atoms. The van der Waals surface area contributed by atoms with Gasteiger partial charge >= 0.3 is 7.12 Å². The molecule has 228 valence electrons. The summed E-state index contributed by atoms with van der Waals surface area (Å²) in [5.41, 5.74) is 6.34. The highest BCUT2D eigenvalue weighted by Gasteiger charge is 2.52. The molecule has 0 N–H and O–H groups in total. The van der Waals surface area contributed by atoms with Crippen molar-refractivity contribution in [3.63, 3.8) is 0 Å². The van der Waals surface area contributed by atoms with E-state index in [9.17, 15) is 0 Å². The van der Waals surface area contributed by atoms with Crippen LogP contribution in [0.15, 0.2) is 120 Å². The molecule has 1 aromatic heterocycles. The van der Waals surface area contributed by atoms with Gasteiger partial charge in [0.2, 0.25) is 0 Å². The number of rotatable bonds is 5. The Kier molecular flexibility index (Phi) is 6.58. The Balaban J connectivity index is 1.47. The number of anilines is 3. The van der Waals surface area contributed by atoms with Gasteiger partial charge in [-0.3, -0.25) is 0 Å². The van der Waals surface area contributed by atoms with Gasteiger partial charge in [-0.05, 0) is 79.7 Å². The Morgan fingerprint density at radius 2 is 1.09 bits per heavy atom. The molecule has 0 saturated carbocycles. The first-order valence-electron chi connectivity index (χ1n) is 16.2. The highest BCUT2D eigenvalue weighted by molar-refractivity contribution is 6.69. The summed E-state index contributed by atoms with van der Waals surface area (Å²) in [6, 6.07) is 41.0. The summed E-state index contributed by atoms with van der Waals surface area (Å²) in [5, 5.41) is 6.66. The van der Waals surface area contributed by atoms with E-state index in [4.69, 9.17) is 13.7 Å². The lowest BCUT2D eigenvalue weighted by Gasteiger charge is -2.32. The molecule has 0 amide bonds. The maximum Gasteiger partial charge on any atom is 0.496 e. The number of fused-ring (bicyclic) bond motifs is 5. The minimum Gasteiger partial charge on any atom is -0.454 e. The molecule has 5 heteroatoms. The molecule has 0 unspecified atom stereocenters. The zero-order chi connectivity index (χ0) is 31.8. The number of para-hydroxylation sites is 2. The van der Waals surface area contributed by atoms with E-state index in [1.54, 1.807) is 0 Å². The molecule has 6 aromatic carbocycles. The molecule has 46 heavy (non-hydrogen) atoms. The van der Waals surface area contributed by atoms with E-state index in [0.717, 1.165) is 66.0 Å². The number of hydrogen-bond acceptors (Lipinski definition) is 4. The van der Waals surface area contributed by atoms with Crippen molar-refractivity contribution in [1.29, 1.82) is 0 Å². The van der Waals surface area contributed by atoms with E-state index in [2.05, 4.69) is 150 Å². The molecule has 4 nitrogen and oxygen atoms in total. The lowest BCUT2D eigenvalue weighted by molar-refractivity contribution is 0.00578. The van der Waals surface area contributed by atoms with E-state index in [0.29, 0.717) is 5.92 Å². The molecule has 1 saturated heterocycles. The molecule has 1 aliphatic rings. The summed E-state index contributed by atoms with van der Waals surface area (Å²) < 4.78 is 20.1. The summed E-state index contributed by atoms with van der Waals surface area (Å²) in [4.78, 5) is 2.38. The molecular formula is C41H38BNO3. The third-order valence-electron chi connectivity index (χ3n) is 10.1. The van der Waals surface area contributed by atoms with Crippen LogP contribution in [0, 0.1) is 0 Å². The van der Waals surface area contributed by atoms with Crippen LogP contribution in [0.4, 0.5) is 17.1 Å². The summed E-state index contributed by atoms with van der Waals surface area (Å²) in [6.07, 6.45) is 0. The largest absolute Gasteiger partial charge is 0.496 e. The second-order valence-electron chi connectivity index (χ2n) is 13.8. The van der Waals surface area contributed by atoms with Gasteiger partial charge in [0.15, 0.2) is 5.58 Å². The van der Waals surface area contributed by atoms with Crippen LogP contribution < -0.4 is 10.4 Å². The van der Waals surface area contributed by atoms with Crippen molar-refractivity contribution in [3.8, 4) is 0 Å². The first kappa shape index (κ1) is 28.9. The Labute approximate surface area is 270 Å². The van der Waals surface area contributed by atoms with Crippen molar-refractivity contribution >= 4 is 73.1 Å². The standard InChI is InChI=1S/C41H38BNO3/c1-26(2)27-22-24-28(25-23-27)43(35-20-13-19-34-29-14-11-12-21-36(29)44-39(34)35)38-32-17-9-7-15-30(32)37(31-16-8-10-18-33(31)38)42-45-40(3,4)41(5,6)46-42/h7-26H,1-6H3. The maximum atomic E-state index is 6.71. The summed E-state index contributed by atoms with van der Waals surface area (Å²) in [6.45, 7) is 12.9. The lowest BCUT2D eigenvalue weighted by Crippen LogP contribution is -2.41.